The summed E-state index contributed by atoms with van der Waals surface area (Å²) in [6.07, 6.45) is -11.7. The summed E-state index contributed by atoms with van der Waals surface area (Å²) in [5.74, 6) is -0.105. The lowest BCUT2D eigenvalue weighted by Crippen LogP contribution is -2.60. The third kappa shape index (κ3) is 7.77. The lowest BCUT2D eigenvalue weighted by Gasteiger charge is -2.60. The molecule has 0 radical (unpaired) electrons. The Balaban J connectivity index is 1.41. The van der Waals surface area contributed by atoms with Gasteiger partial charge >= 0.3 is 0 Å². The van der Waals surface area contributed by atoms with Crippen molar-refractivity contribution in [1.29, 1.82) is 0 Å². The topological polar surface area (TPSA) is 228 Å². The van der Waals surface area contributed by atoms with Gasteiger partial charge in [0, 0.05) is 7.11 Å². The smallest absolute Gasteiger partial charge is 0.187 e. The van der Waals surface area contributed by atoms with Gasteiger partial charge in [0.05, 0.1) is 31.5 Å². The van der Waals surface area contributed by atoms with Gasteiger partial charge in [0.1, 0.15) is 54.9 Å². The van der Waals surface area contributed by atoms with Gasteiger partial charge in [0.2, 0.25) is 0 Å². The van der Waals surface area contributed by atoms with Crippen molar-refractivity contribution in [2.45, 2.75) is 172 Å². The third-order valence-electron chi connectivity index (χ3n) is 14.9. The molecule has 14 heteroatoms. The first kappa shape index (κ1) is 43.5. The summed E-state index contributed by atoms with van der Waals surface area (Å²) in [5, 5.41) is 97.8. The number of aliphatic hydroxyl groups excluding tert-OH is 9. The van der Waals surface area contributed by atoms with E-state index in [1.165, 1.54) is 7.11 Å². The van der Waals surface area contributed by atoms with Crippen LogP contribution in [0, 0.1) is 40.4 Å². The van der Waals surface area contributed by atoms with Crippen molar-refractivity contribution in [3.63, 3.8) is 0 Å². The Bertz CT molecular complexity index is 1380. The van der Waals surface area contributed by atoms with E-state index in [4.69, 9.17) is 23.7 Å². The van der Waals surface area contributed by atoms with E-state index in [1.807, 2.05) is 0 Å². The summed E-state index contributed by atoms with van der Waals surface area (Å²) in [6.45, 7) is 14.4. The van der Waals surface area contributed by atoms with E-state index in [2.05, 4.69) is 41.2 Å². The van der Waals surface area contributed by atoms with E-state index in [0.717, 1.165) is 42.4 Å². The van der Waals surface area contributed by atoms with E-state index in [9.17, 15) is 46.0 Å². The largest absolute Gasteiger partial charge is 0.394 e. The SMILES string of the molecule is C=C(CC[C@@H](C)[C@H]1[C@H](O[C@@H]2O[C@@H]([C@H](O)COC)[C@H](O)[C@H]2O)CC2=C3[C@@H](O[C@@H]4O[C@@H]([C@H](O)CO)[C@H](O)[C@H]4O)[C@@H](O)[C@H]4C[C@H](O)CC[C@]4(C)[C@H]3CC[C@@]21C)C(C)C. The molecule has 2 saturated heterocycles. The van der Waals surface area contributed by atoms with Gasteiger partial charge in [-0.15, -0.1) is 0 Å². The van der Waals surface area contributed by atoms with Crippen LogP contribution in [0.5, 0.6) is 0 Å². The minimum Gasteiger partial charge on any atom is -0.394 e. The van der Waals surface area contributed by atoms with Crippen LogP contribution in [0.4, 0.5) is 0 Å². The molecule has 2 aliphatic heterocycles. The monoisotopic (exact) mass is 784 g/mol. The summed E-state index contributed by atoms with van der Waals surface area (Å²) in [5.41, 5.74) is 2.22. The molecule has 3 saturated carbocycles. The van der Waals surface area contributed by atoms with Crippen molar-refractivity contribution in [2.24, 2.45) is 40.4 Å². The highest BCUT2D eigenvalue weighted by molar-refractivity contribution is 5.40. The first-order chi connectivity index (χ1) is 25.9. The van der Waals surface area contributed by atoms with Gasteiger partial charge in [-0.05, 0) is 97.4 Å². The molecule has 0 bridgehead atoms. The van der Waals surface area contributed by atoms with Crippen LogP contribution in [-0.2, 0) is 23.7 Å². The summed E-state index contributed by atoms with van der Waals surface area (Å²) in [7, 11) is 1.42. The first-order valence-electron chi connectivity index (χ1n) is 20.5. The van der Waals surface area contributed by atoms with Crippen LogP contribution >= 0.6 is 0 Å². The lowest BCUT2D eigenvalue weighted by molar-refractivity contribution is -0.236. The summed E-state index contributed by atoms with van der Waals surface area (Å²) >= 11 is 0. The third-order valence-corrected chi connectivity index (χ3v) is 14.9. The molecule has 5 fully saturated rings. The lowest BCUT2D eigenvalue weighted by atomic mass is 9.47. The number of rotatable bonds is 14. The molecule has 6 rings (SSSR count). The Morgan fingerprint density at radius 2 is 1.47 bits per heavy atom. The van der Waals surface area contributed by atoms with E-state index in [0.29, 0.717) is 31.6 Å². The van der Waals surface area contributed by atoms with E-state index >= 15 is 0 Å². The predicted molar refractivity (Wildman–Crippen MR) is 198 cm³/mol. The molecule has 0 aromatic heterocycles. The number of methoxy groups -OCH3 is 1. The van der Waals surface area contributed by atoms with Gasteiger partial charge in [-0.2, -0.15) is 0 Å². The fraction of sp³-hybridized carbons (Fsp3) is 0.902. The molecule has 0 amide bonds. The minimum absolute atomic E-state index is 0.0667. The van der Waals surface area contributed by atoms with Gasteiger partial charge in [-0.25, -0.2) is 0 Å². The number of ether oxygens (including phenoxy) is 5. The Morgan fingerprint density at radius 1 is 0.855 bits per heavy atom. The molecular weight excluding hydrogens is 716 g/mol. The highest BCUT2D eigenvalue weighted by atomic mass is 16.7. The van der Waals surface area contributed by atoms with Crippen LogP contribution < -0.4 is 0 Å². The zero-order chi connectivity index (χ0) is 40.3. The molecular formula is C41H68O14. The van der Waals surface area contributed by atoms with Crippen molar-refractivity contribution >= 4 is 0 Å². The van der Waals surface area contributed by atoms with Crippen molar-refractivity contribution in [3.8, 4) is 0 Å². The molecule has 316 valence electrons. The second-order valence-electron chi connectivity index (χ2n) is 18.4. The zero-order valence-electron chi connectivity index (χ0n) is 33.3. The van der Waals surface area contributed by atoms with Crippen molar-refractivity contribution < 1.29 is 69.6 Å². The van der Waals surface area contributed by atoms with Crippen molar-refractivity contribution in [1.82, 2.24) is 0 Å². The molecule has 20 atom stereocenters. The number of hydrogen-bond donors (Lipinski definition) is 9. The highest BCUT2D eigenvalue weighted by Crippen LogP contribution is 2.67. The maximum atomic E-state index is 12.4. The fourth-order valence-electron chi connectivity index (χ4n) is 11.6. The van der Waals surface area contributed by atoms with E-state index in [1.54, 1.807) is 0 Å². The first-order valence-corrected chi connectivity index (χ1v) is 20.5. The normalized spacial score (nSPS) is 47.4. The zero-order valence-corrected chi connectivity index (χ0v) is 33.3. The van der Waals surface area contributed by atoms with Crippen LogP contribution in [0.25, 0.3) is 0 Å². The minimum atomic E-state index is -1.57. The Kier molecular flexibility index (Phi) is 13.4. The molecule has 14 nitrogen and oxygen atoms in total. The molecule has 2 heterocycles. The van der Waals surface area contributed by atoms with Crippen LogP contribution in [-0.4, -0.2) is 152 Å². The summed E-state index contributed by atoms with van der Waals surface area (Å²) in [6, 6.07) is 0. The molecule has 4 aliphatic carbocycles. The fourth-order valence-corrected chi connectivity index (χ4v) is 11.6. The van der Waals surface area contributed by atoms with Gasteiger partial charge in [0.15, 0.2) is 12.6 Å². The maximum Gasteiger partial charge on any atom is 0.187 e. The second kappa shape index (κ2) is 16.9. The van der Waals surface area contributed by atoms with Crippen LogP contribution in [0.1, 0.15) is 86.0 Å². The van der Waals surface area contributed by atoms with Gasteiger partial charge < -0.3 is 69.6 Å². The quantitative estimate of drug-likeness (QED) is 0.112. The Hall–Kier alpha value is -1.08. The number of aliphatic hydroxyl groups is 9. The number of fused-ring (bicyclic) bond motifs is 4. The molecule has 0 unspecified atom stereocenters. The molecule has 0 aromatic rings. The molecule has 0 spiro atoms. The summed E-state index contributed by atoms with van der Waals surface area (Å²) in [4.78, 5) is 0. The average Bonchev–Trinajstić information content (AvgIpc) is 3.72. The number of hydrogen-bond acceptors (Lipinski definition) is 14. The second-order valence-corrected chi connectivity index (χ2v) is 18.4. The molecule has 0 aromatic carbocycles. The van der Waals surface area contributed by atoms with Gasteiger partial charge in [-0.3, -0.25) is 0 Å². The van der Waals surface area contributed by atoms with Gasteiger partial charge in [-0.1, -0.05) is 52.3 Å². The standard InChI is InChI=1S/C41H68O14/c1-18(2)19(3)8-9-20(4)29-27(52-38-33(49)32(48)36(54-38)26(45)17-51-7)15-23-28-22(11-13-41(23,29)6)40(5)12-10-21(43)14-24(40)30(46)37(28)55-39-34(50)31(47)35(53-39)25(44)16-42/h18,20-22,24-27,29-39,42-50H,3,8-17H2,1-2,4-7H3/t20-,21-,22+,24-,25-,26-,27-,29+,30+,31-,32-,33-,34-,35+,36+,37-,38-,39+,40-,41+/m1/s1. The average molecular weight is 785 g/mol. The highest BCUT2D eigenvalue weighted by Gasteiger charge is 2.64. The Labute approximate surface area is 325 Å². The van der Waals surface area contributed by atoms with Crippen LogP contribution in [0.3, 0.4) is 0 Å². The number of allylic oxidation sites excluding steroid dienone is 1. The molecule has 55 heavy (non-hydrogen) atoms. The van der Waals surface area contributed by atoms with Crippen LogP contribution in [0.2, 0.25) is 0 Å². The summed E-state index contributed by atoms with van der Waals surface area (Å²) < 4.78 is 30.3. The molecule has 9 N–H and O–H groups in total. The van der Waals surface area contributed by atoms with Crippen molar-refractivity contribution in [2.75, 3.05) is 20.3 Å². The van der Waals surface area contributed by atoms with E-state index in [-0.39, 0.29) is 35.7 Å². The Morgan fingerprint density at radius 3 is 2.07 bits per heavy atom. The van der Waals surface area contributed by atoms with E-state index < -0.39 is 97.8 Å². The molecule has 6 aliphatic rings. The van der Waals surface area contributed by atoms with Crippen molar-refractivity contribution in [3.05, 3.63) is 23.3 Å². The predicted octanol–water partition coefficient (Wildman–Crippen LogP) is 0.914. The van der Waals surface area contributed by atoms with Crippen LogP contribution in [0.15, 0.2) is 23.3 Å². The van der Waals surface area contributed by atoms with Gasteiger partial charge in [0.25, 0.3) is 0 Å². The maximum absolute atomic E-state index is 12.4.